The van der Waals surface area contributed by atoms with Crippen molar-refractivity contribution in [2.24, 2.45) is 5.92 Å². The lowest BCUT2D eigenvalue weighted by Crippen LogP contribution is -2.34. The molecule has 0 spiro atoms. The third kappa shape index (κ3) is 2.93. The standard InChI is InChI=1S/C20H29N3O/c1-14-10-20-18(13-22-14)17-11-16(24-2)5-6-19(17)23(20)9-7-15-4-3-8-21-12-15/h5-6,11,14-15,21-22H,3-4,7-10,12-13H2,1-2H3. The van der Waals surface area contributed by atoms with Gasteiger partial charge in [-0.3, -0.25) is 0 Å². The van der Waals surface area contributed by atoms with Gasteiger partial charge >= 0.3 is 0 Å². The molecule has 1 saturated heterocycles. The lowest BCUT2D eigenvalue weighted by molar-refractivity contribution is 0.340. The Labute approximate surface area is 144 Å². The van der Waals surface area contributed by atoms with Crippen molar-refractivity contribution >= 4 is 10.9 Å². The molecule has 0 saturated carbocycles. The van der Waals surface area contributed by atoms with Gasteiger partial charge in [-0.2, -0.15) is 0 Å². The predicted molar refractivity (Wildman–Crippen MR) is 98.7 cm³/mol. The van der Waals surface area contributed by atoms with E-state index in [0.717, 1.165) is 31.2 Å². The Kier molecular flexibility index (Phi) is 4.51. The van der Waals surface area contributed by atoms with E-state index in [2.05, 4.69) is 40.3 Å². The zero-order valence-corrected chi connectivity index (χ0v) is 14.9. The normalized spacial score (nSPS) is 24.1. The number of methoxy groups -OCH3 is 1. The number of nitrogens with zero attached hydrogens (tertiary/aromatic N) is 1. The monoisotopic (exact) mass is 327 g/mol. The largest absolute Gasteiger partial charge is 0.497 e. The van der Waals surface area contributed by atoms with E-state index in [1.54, 1.807) is 7.11 Å². The number of nitrogens with one attached hydrogen (secondary N) is 2. The molecule has 3 heterocycles. The molecule has 2 aromatic rings. The Morgan fingerprint density at radius 2 is 2.25 bits per heavy atom. The maximum absolute atomic E-state index is 5.46. The summed E-state index contributed by atoms with van der Waals surface area (Å²) in [5, 5.41) is 8.54. The zero-order valence-electron chi connectivity index (χ0n) is 14.9. The Hall–Kier alpha value is -1.52. The molecule has 24 heavy (non-hydrogen) atoms. The van der Waals surface area contributed by atoms with Gasteiger partial charge in [0.15, 0.2) is 0 Å². The van der Waals surface area contributed by atoms with Gasteiger partial charge in [0.25, 0.3) is 0 Å². The van der Waals surface area contributed by atoms with Gasteiger partial charge in [0.1, 0.15) is 5.75 Å². The van der Waals surface area contributed by atoms with Crippen molar-refractivity contribution < 1.29 is 4.74 Å². The molecule has 4 nitrogen and oxygen atoms in total. The molecule has 1 fully saturated rings. The first-order valence-corrected chi connectivity index (χ1v) is 9.38. The number of aromatic nitrogens is 1. The van der Waals surface area contributed by atoms with Crippen molar-refractivity contribution in [3.05, 3.63) is 29.5 Å². The van der Waals surface area contributed by atoms with Crippen molar-refractivity contribution in [3.8, 4) is 5.75 Å². The summed E-state index contributed by atoms with van der Waals surface area (Å²) < 4.78 is 8.05. The first kappa shape index (κ1) is 16.0. The molecule has 4 rings (SSSR count). The van der Waals surface area contributed by atoms with Gasteiger partial charge in [0.05, 0.1) is 7.11 Å². The minimum absolute atomic E-state index is 0.554. The van der Waals surface area contributed by atoms with E-state index in [9.17, 15) is 0 Å². The lowest BCUT2D eigenvalue weighted by atomic mass is 9.96. The number of hydrogen-bond donors (Lipinski definition) is 2. The van der Waals surface area contributed by atoms with E-state index in [4.69, 9.17) is 4.74 Å². The Morgan fingerprint density at radius 3 is 3.04 bits per heavy atom. The highest BCUT2D eigenvalue weighted by atomic mass is 16.5. The molecular formula is C20H29N3O. The van der Waals surface area contributed by atoms with Crippen LogP contribution in [-0.4, -0.2) is 30.8 Å². The predicted octanol–water partition coefficient (Wildman–Crippen LogP) is 3.07. The second kappa shape index (κ2) is 6.77. The number of piperidine rings is 1. The maximum Gasteiger partial charge on any atom is 0.119 e. The molecule has 130 valence electrons. The fourth-order valence-electron chi connectivity index (χ4n) is 4.39. The van der Waals surface area contributed by atoms with Crippen LogP contribution < -0.4 is 15.4 Å². The molecule has 2 atom stereocenters. The van der Waals surface area contributed by atoms with Crippen molar-refractivity contribution in [2.75, 3.05) is 20.2 Å². The quantitative estimate of drug-likeness (QED) is 0.906. The molecule has 2 aliphatic heterocycles. The Bertz CT molecular complexity index is 715. The van der Waals surface area contributed by atoms with Crippen LogP contribution in [0.4, 0.5) is 0 Å². The SMILES string of the molecule is COc1ccc2c(c1)c1c(n2CCC2CCCNC2)CC(C)NC1. The second-order valence-corrected chi connectivity index (χ2v) is 7.45. The molecule has 0 radical (unpaired) electrons. The number of rotatable bonds is 4. The molecule has 0 bridgehead atoms. The summed E-state index contributed by atoms with van der Waals surface area (Å²) in [5.74, 6) is 1.78. The van der Waals surface area contributed by atoms with E-state index in [1.165, 1.54) is 54.5 Å². The minimum Gasteiger partial charge on any atom is -0.497 e. The third-order valence-corrected chi connectivity index (χ3v) is 5.78. The molecule has 4 heteroatoms. The van der Waals surface area contributed by atoms with E-state index in [0.29, 0.717) is 6.04 Å². The minimum atomic E-state index is 0.554. The topological polar surface area (TPSA) is 38.2 Å². The average molecular weight is 327 g/mol. The van der Waals surface area contributed by atoms with Gasteiger partial charge in [0.2, 0.25) is 0 Å². The summed E-state index contributed by atoms with van der Waals surface area (Å²) in [4.78, 5) is 0. The molecule has 1 aromatic carbocycles. The van der Waals surface area contributed by atoms with Crippen LogP contribution in [0.3, 0.4) is 0 Å². The molecule has 0 amide bonds. The Balaban J connectivity index is 1.68. The van der Waals surface area contributed by atoms with Crippen molar-refractivity contribution in [1.82, 2.24) is 15.2 Å². The fourth-order valence-corrected chi connectivity index (χ4v) is 4.39. The van der Waals surface area contributed by atoms with Crippen LogP contribution in [0.5, 0.6) is 5.75 Å². The van der Waals surface area contributed by atoms with Gasteiger partial charge in [-0.15, -0.1) is 0 Å². The maximum atomic E-state index is 5.46. The van der Waals surface area contributed by atoms with Crippen LogP contribution in [0, 0.1) is 5.92 Å². The van der Waals surface area contributed by atoms with Crippen molar-refractivity contribution in [3.63, 3.8) is 0 Å². The van der Waals surface area contributed by atoms with Crippen molar-refractivity contribution in [1.29, 1.82) is 0 Å². The van der Waals surface area contributed by atoms with Gasteiger partial charge < -0.3 is 19.9 Å². The lowest BCUT2D eigenvalue weighted by Gasteiger charge is -2.25. The summed E-state index contributed by atoms with van der Waals surface area (Å²) in [6.07, 6.45) is 5.10. The van der Waals surface area contributed by atoms with E-state index in [1.807, 2.05) is 0 Å². The summed E-state index contributed by atoms with van der Waals surface area (Å²) in [5.41, 5.74) is 4.39. The number of hydrogen-bond acceptors (Lipinski definition) is 3. The second-order valence-electron chi connectivity index (χ2n) is 7.45. The summed E-state index contributed by atoms with van der Waals surface area (Å²) in [6.45, 7) is 6.78. The average Bonchev–Trinajstić information content (AvgIpc) is 2.92. The van der Waals surface area contributed by atoms with E-state index in [-0.39, 0.29) is 0 Å². The molecular weight excluding hydrogens is 298 g/mol. The van der Waals surface area contributed by atoms with Crippen LogP contribution in [0.25, 0.3) is 10.9 Å². The smallest absolute Gasteiger partial charge is 0.119 e. The molecule has 0 aliphatic carbocycles. The molecule has 2 N–H and O–H groups in total. The first-order chi connectivity index (χ1) is 11.8. The van der Waals surface area contributed by atoms with E-state index >= 15 is 0 Å². The van der Waals surface area contributed by atoms with Gasteiger partial charge in [-0.25, -0.2) is 0 Å². The third-order valence-electron chi connectivity index (χ3n) is 5.78. The molecule has 2 aliphatic rings. The van der Waals surface area contributed by atoms with Crippen LogP contribution in [-0.2, 0) is 19.5 Å². The summed E-state index contributed by atoms with van der Waals surface area (Å²) >= 11 is 0. The van der Waals surface area contributed by atoms with Crippen LogP contribution in [0.2, 0.25) is 0 Å². The number of benzene rings is 1. The highest BCUT2D eigenvalue weighted by Crippen LogP contribution is 2.33. The highest BCUT2D eigenvalue weighted by molar-refractivity contribution is 5.87. The summed E-state index contributed by atoms with van der Waals surface area (Å²) in [7, 11) is 1.75. The van der Waals surface area contributed by atoms with Gasteiger partial charge in [0, 0.05) is 42.1 Å². The molecule has 1 aromatic heterocycles. The van der Waals surface area contributed by atoms with Gasteiger partial charge in [-0.05, 0) is 69.0 Å². The van der Waals surface area contributed by atoms with Crippen LogP contribution in [0.15, 0.2) is 18.2 Å². The van der Waals surface area contributed by atoms with Gasteiger partial charge in [-0.1, -0.05) is 0 Å². The highest BCUT2D eigenvalue weighted by Gasteiger charge is 2.24. The van der Waals surface area contributed by atoms with Crippen LogP contribution in [0.1, 0.15) is 37.4 Å². The Morgan fingerprint density at radius 1 is 1.33 bits per heavy atom. The first-order valence-electron chi connectivity index (χ1n) is 9.38. The van der Waals surface area contributed by atoms with E-state index < -0.39 is 0 Å². The van der Waals surface area contributed by atoms with Crippen molar-refractivity contribution in [2.45, 2.75) is 51.7 Å². The van der Waals surface area contributed by atoms with Crippen LogP contribution >= 0.6 is 0 Å². The number of ether oxygens (including phenoxy) is 1. The zero-order chi connectivity index (χ0) is 16.5. The number of fused-ring (bicyclic) bond motifs is 3. The number of aryl methyl sites for hydroxylation is 1. The molecule has 2 unspecified atom stereocenters. The summed E-state index contributed by atoms with van der Waals surface area (Å²) in [6, 6.07) is 7.11. The fraction of sp³-hybridized carbons (Fsp3) is 0.600.